The zero-order valence-electron chi connectivity index (χ0n) is 25.0. The van der Waals surface area contributed by atoms with Gasteiger partial charge >= 0.3 is 0 Å². The monoisotopic (exact) mass is 741 g/mol. The smallest absolute Gasteiger partial charge is 0.264 e. The van der Waals surface area contributed by atoms with Crippen molar-refractivity contribution < 1.29 is 18.0 Å². The number of carbonyl (C=O) groups excluding carboxylic acids is 2. The van der Waals surface area contributed by atoms with Gasteiger partial charge in [0.25, 0.3) is 10.0 Å². The first-order valence-corrected chi connectivity index (χ1v) is 18.0. The highest BCUT2D eigenvalue weighted by molar-refractivity contribution is 9.10. The molecular weight excluding hydrogens is 709 g/mol. The number of sulfonamides is 1. The van der Waals surface area contributed by atoms with Crippen LogP contribution in [0.5, 0.6) is 0 Å². The van der Waals surface area contributed by atoms with Crippen LogP contribution in [0.2, 0.25) is 10.0 Å². The highest BCUT2D eigenvalue weighted by Gasteiger charge is 2.35. The Balaban J connectivity index is 1.57. The second kappa shape index (κ2) is 15.5. The number of hydrogen-bond acceptors (Lipinski definition) is 4. The molecule has 5 rings (SSSR count). The molecule has 1 atom stereocenters. The summed E-state index contributed by atoms with van der Waals surface area (Å²) in [5, 5.41) is 3.57. The third-order valence-electron chi connectivity index (χ3n) is 8.04. The molecule has 0 heterocycles. The maximum atomic E-state index is 14.6. The topological polar surface area (TPSA) is 86.8 Å². The summed E-state index contributed by atoms with van der Waals surface area (Å²) in [6.07, 6.45) is 4.08. The molecule has 0 spiro atoms. The molecule has 1 N–H and O–H groups in total. The number of nitrogens with one attached hydrogen (secondary N) is 1. The number of anilines is 1. The summed E-state index contributed by atoms with van der Waals surface area (Å²) in [4.78, 5) is 30.1. The molecule has 1 aliphatic carbocycles. The van der Waals surface area contributed by atoms with Crippen LogP contribution in [0.15, 0.2) is 112 Å². The van der Waals surface area contributed by atoms with Gasteiger partial charge in [-0.2, -0.15) is 0 Å². The van der Waals surface area contributed by atoms with Crippen LogP contribution in [0, 0.1) is 0 Å². The van der Waals surface area contributed by atoms with E-state index in [2.05, 4.69) is 21.2 Å². The third-order valence-corrected chi connectivity index (χ3v) is 11.1. The number of benzene rings is 4. The van der Waals surface area contributed by atoms with E-state index in [1.165, 1.54) is 35.2 Å². The van der Waals surface area contributed by atoms with Gasteiger partial charge in [-0.05, 0) is 66.4 Å². The lowest BCUT2D eigenvalue weighted by Crippen LogP contribution is -2.54. The van der Waals surface area contributed by atoms with Crippen molar-refractivity contribution in [1.29, 1.82) is 0 Å². The van der Waals surface area contributed by atoms with E-state index in [9.17, 15) is 18.0 Å². The minimum Gasteiger partial charge on any atom is -0.352 e. The van der Waals surface area contributed by atoms with E-state index in [1.807, 2.05) is 54.6 Å². The molecule has 0 saturated heterocycles. The Bertz CT molecular complexity index is 1750. The standard InChI is InChI=1S/C35H34BrCl2N3O4S/c36-27-17-15-26(16-18-27)23-40(33(21-25-9-3-1-4-10-25)35(43)39-28-11-7-8-12-28)34(42)24-41(29-19-20-31(37)32(38)22-29)46(44,45)30-13-5-2-6-14-30/h1-6,9-10,13-20,22,28,33H,7-8,11-12,21,23-24H2,(H,39,43)/t33-/m0/s1. The van der Waals surface area contributed by atoms with E-state index in [0.717, 1.165) is 45.6 Å². The molecule has 0 aliphatic heterocycles. The van der Waals surface area contributed by atoms with Crippen molar-refractivity contribution in [3.63, 3.8) is 0 Å². The minimum absolute atomic E-state index is 0.00754. The van der Waals surface area contributed by atoms with E-state index >= 15 is 0 Å². The van der Waals surface area contributed by atoms with Crippen LogP contribution in [0.1, 0.15) is 36.8 Å². The molecular formula is C35H34BrCl2N3O4S. The molecule has 0 radical (unpaired) electrons. The summed E-state index contributed by atoms with van der Waals surface area (Å²) < 4.78 is 30.1. The zero-order chi connectivity index (χ0) is 32.7. The first kappa shape index (κ1) is 34.0. The van der Waals surface area contributed by atoms with Gasteiger partial charge in [0.05, 0.1) is 20.6 Å². The average molecular weight is 744 g/mol. The van der Waals surface area contributed by atoms with Gasteiger partial charge < -0.3 is 10.2 Å². The van der Waals surface area contributed by atoms with E-state index < -0.39 is 28.5 Å². The normalized spacial score (nSPS) is 14.1. The lowest BCUT2D eigenvalue weighted by atomic mass is 10.0. The van der Waals surface area contributed by atoms with Crippen molar-refractivity contribution in [2.75, 3.05) is 10.8 Å². The van der Waals surface area contributed by atoms with Crippen molar-refractivity contribution in [2.45, 2.75) is 55.6 Å². The lowest BCUT2D eigenvalue weighted by Gasteiger charge is -2.34. The van der Waals surface area contributed by atoms with Gasteiger partial charge in [-0.1, -0.05) is 113 Å². The number of rotatable bonds is 12. The van der Waals surface area contributed by atoms with E-state index in [0.29, 0.717) is 0 Å². The minimum atomic E-state index is -4.24. The van der Waals surface area contributed by atoms with E-state index in [-0.39, 0.29) is 45.5 Å². The highest BCUT2D eigenvalue weighted by atomic mass is 79.9. The Hall–Kier alpha value is -3.37. The Kier molecular flexibility index (Phi) is 11.4. The second-order valence-corrected chi connectivity index (χ2v) is 14.9. The fraction of sp³-hybridized carbons (Fsp3) is 0.257. The molecule has 2 amide bonds. The number of carbonyl (C=O) groups is 2. The summed E-state index contributed by atoms with van der Waals surface area (Å²) in [5.74, 6) is -0.816. The maximum absolute atomic E-state index is 14.6. The molecule has 4 aromatic rings. The third kappa shape index (κ3) is 8.50. The van der Waals surface area contributed by atoms with Crippen LogP contribution in [0.25, 0.3) is 0 Å². The number of hydrogen-bond donors (Lipinski definition) is 1. The van der Waals surface area contributed by atoms with Crippen molar-refractivity contribution in [3.05, 3.63) is 129 Å². The van der Waals surface area contributed by atoms with Crippen LogP contribution >= 0.6 is 39.1 Å². The van der Waals surface area contributed by atoms with Crippen LogP contribution in [-0.2, 0) is 32.6 Å². The Morgan fingerprint density at radius 1 is 0.826 bits per heavy atom. The fourth-order valence-electron chi connectivity index (χ4n) is 5.60. The van der Waals surface area contributed by atoms with Gasteiger partial charge in [0, 0.05) is 23.5 Å². The maximum Gasteiger partial charge on any atom is 0.264 e. The first-order valence-electron chi connectivity index (χ1n) is 15.0. The van der Waals surface area contributed by atoms with E-state index in [4.69, 9.17) is 23.2 Å². The molecule has 0 unspecified atom stereocenters. The van der Waals surface area contributed by atoms with Crippen LogP contribution in [0.3, 0.4) is 0 Å². The molecule has 11 heteroatoms. The molecule has 0 aromatic heterocycles. The Morgan fingerprint density at radius 3 is 2.09 bits per heavy atom. The number of amides is 2. The van der Waals surface area contributed by atoms with Gasteiger partial charge in [-0.15, -0.1) is 0 Å². The summed E-state index contributed by atoms with van der Waals surface area (Å²) in [7, 11) is -4.24. The first-order chi connectivity index (χ1) is 22.1. The zero-order valence-corrected chi connectivity index (χ0v) is 28.9. The largest absolute Gasteiger partial charge is 0.352 e. The van der Waals surface area contributed by atoms with Gasteiger partial charge in [0.2, 0.25) is 11.8 Å². The van der Waals surface area contributed by atoms with Crippen molar-refractivity contribution in [1.82, 2.24) is 10.2 Å². The molecule has 1 fully saturated rings. The summed E-state index contributed by atoms with van der Waals surface area (Å²) >= 11 is 16.0. The number of nitrogens with zero attached hydrogens (tertiary/aromatic N) is 2. The summed E-state index contributed by atoms with van der Waals surface area (Å²) in [6.45, 7) is -0.490. The average Bonchev–Trinajstić information content (AvgIpc) is 3.57. The summed E-state index contributed by atoms with van der Waals surface area (Å²) in [6, 6.07) is 28.4. The van der Waals surface area contributed by atoms with Gasteiger partial charge in [0.15, 0.2) is 0 Å². The fourth-order valence-corrected chi connectivity index (χ4v) is 7.58. The quantitative estimate of drug-likeness (QED) is 0.162. The van der Waals surface area contributed by atoms with Crippen molar-refractivity contribution in [3.8, 4) is 0 Å². The van der Waals surface area contributed by atoms with Crippen LogP contribution in [-0.4, -0.2) is 43.8 Å². The van der Waals surface area contributed by atoms with Gasteiger partial charge in [-0.3, -0.25) is 13.9 Å². The van der Waals surface area contributed by atoms with Crippen LogP contribution < -0.4 is 9.62 Å². The van der Waals surface area contributed by atoms with Crippen LogP contribution in [0.4, 0.5) is 5.69 Å². The molecule has 46 heavy (non-hydrogen) atoms. The SMILES string of the molecule is O=C(NC1CCCC1)[C@H](Cc1ccccc1)N(Cc1ccc(Br)cc1)C(=O)CN(c1ccc(Cl)c(Cl)c1)S(=O)(=O)c1ccccc1. The number of halogens is 3. The molecule has 0 bridgehead atoms. The molecule has 1 aliphatic rings. The summed E-state index contributed by atoms with van der Waals surface area (Å²) in [5.41, 5.74) is 1.83. The van der Waals surface area contributed by atoms with Crippen molar-refractivity contribution in [2.24, 2.45) is 0 Å². The molecule has 240 valence electrons. The van der Waals surface area contributed by atoms with Gasteiger partial charge in [0.1, 0.15) is 12.6 Å². The molecule has 4 aromatic carbocycles. The Labute approximate surface area is 288 Å². The van der Waals surface area contributed by atoms with Gasteiger partial charge in [-0.25, -0.2) is 8.42 Å². The lowest BCUT2D eigenvalue weighted by molar-refractivity contribution is -0.140. The van der Waals surface area contributed by atoms with Crippen molar-refractivity contribution >= 4 is 66.7 Å². The molecule has 1 saturated carbocycles. The Morgan fingerprint density at radius 2 is 1.46 bits per heavy atom. The molecule has 7 nitrogen and oxygen atoms in total. The predicted octanol–water partition coefficient (Wildman–Crippen LogP) is 7.65. The second-order valence-electron chi connectivity index (χ2n) is 11.3. The van der Waals surface area contributed by atoms with E-state index in [1.54, 1.807) is 18.2 Å². The highest BCUT2D eigenvalue weighted by Crippen LogP contribution is 2.31. The predicted molar refractivity (Wildman–Crippen MR) is 186 cm³/mol.